The second kappa shape index (κ2) is 11.0. The van der Waals surface area contributed by atoms with Crippen LogP contribution in [0.3, 0.4) is 0 Å². The van der Waals surface area contributed by atoms with E-state index in [0.717, 1.165) is 18.8 Å². The van der Waals surface area contributed by atoms with E-state index in [4.69, 9.17) is 4.74 Å². The lowest BCUT2D eigenvalue weighted by Crippen LogP contribution is -2.40. The third kappa shape index (κ3) is 5.92. The maximum Gasteiger partial charge on any atom is 0.309 e. The number of carbonyl (C=O) groups is 2. The minimum atomic E-state index is -3.63. The van der Waals surface area contributed by atoms with E-state index in [-0.39, 0.29) is 24.6 Å². The lowest BCUT2D eigenvalue weighted by Gasteiger charge is -2.30. The average molecular weight is 487 g/mol. The molecule has 3 heterocycles. The van der Waals surface area contributed by atoms with Gasteiger partial charge in [-0.1, -0.05) is 0 Å². The molecule has 182 valence electrons. The van der Waals surface area contributed by atoms with E-state index < -0.39 is 27.8 Å². The molecule has 2 aliphatic heterocycles. The molecule has 0 aliphatic carbocycles. The Morgan fingerprint density at radius 1 is 1.00 bits per heavy atom. The number of benzene rings is 1. The minimum absolute atomic E-state index is 0.136. The highest BCUT2D eigenvalue weighted by atomic mass is 32.2. The van der Waals surface area contributed by atoms with E-state index in [9.17, 15) is 18.0 Å². The van der Waals surface area contributed by atoms with Gasteiger partial charge in [0.15, 0.2) is 6.61 Å². The van der Waals surface area contributed by atoms with Crippen LogP contribution in [-0.2, 0) is 24.3 Å². The van der Waals surface area contributed by atoms with Crippen molar-refractivity contribution in [2.75, 3.05) is 43.0 Å². The number of aromatic nitrogens is 1. The second-order valence-electron chi connectivity index (χ2n) is 8.62. The number of esters is 1. The van der Waals surface area contributed by atoms with Gasteiger partial charge in [-0.2, -0.15) is 4.31 Å². The molecule has 1 N–H and O–H groups in total. The van der Waals surface area contributed by atoms with Crippen molar-refractivity contribution in [3.05, 3.63) is 48.8 Å². The first-order chi connectivity index (χ1) is 16.4. The number of hydrogen-bond donors (Lipinski definition) is 1. The number of sulfonamides is 1. The van der Waals surface area contributed by atoms with Gasteiger partial charge in [0.1, 0.15) is 4.90 Å². The van der Waals surface area contributed by atoms with Crippen molar-refractivity contribution < 1.29 is 22.7 Å². The van der Waals surface area contributed by atoms with Gasteiger partial charge in [0, 0.05) is 49.9 Å². The number of hydrogen-bond acceptors (Lipinski definition) is 7. The quantitative estimate of drug-likeness (QED) is 0.599. The molecule has 2 fully saturated rings. The Morgan fingerprint density at radius 3 is 2.35 bits per heavy atom. The van der Waals surface area contributed by atoms with Crippen LogP contribution in [0.2, 0.25) is 0 Å². The number of carbonyl (C=O) groups excluding carboxylic acids is 2. The van der Waals surface area contributed by atoms with Crippen LogP contribution >= 0.6 is 0 Å². The molecular formula is C24H30N4O5S. The number of nitrogens with zero attached hydrogens (tertiary/aromatic N) is 3. The standard InChI is InChI=1S/C24H30N4O5S/c29-23(26-20-6-8-21(9-7-20)27-13-2-1-3-14-27)18-33-24(30)19-10-15-28(16-11-19)34(31,32)22-5-4-12-25-17-22/h4-9,12,17,19H,1-3,10-11,13-16,18H2,(H,26,29). The Morgan fingerprint density at radius 2 is 1.71 bits per heavy atom. The highest BCUT2D eigenvalue weighted by Crippen LogP contribution is 2.25. The van der Waals surface area contributed by atoms with Crippen molar-refractivity contribution in [3.63, 3.8) is 0 Å². The smallest absolute Gasteiger partial charge is 0.309 e. The Hall–Kier alpha value is -2.98. The lowest BCUT2D eigenvalue weighted by atomic mass is 9.98. The summed E-state index contributed by atoms with van der Waals surface area (Å²) in [5.41, 5.74) is 1.79. The van der Waals surface area contributed by atoms with Crippen LogP contribution in [0.5, 0.6) is 0 Å². The highest BCUT2D eigenvalue weighted by Gasteiger charge is 2.33. The fraction of sp³-hybridized carbons (Fsp3) is 0.458. The molecule has 0 spiro atoms. The maximum atomic E-state index is 12.7. The van der Waals surface area contributed by atoms with Crippen LogP contribution in [0, 0.1) is 5.92 Å². The van der Waals surface area contributed by atoms with Gasteiger partial charge in [-0.05, 0) is 68.5 Å². The summed E-state index contributed by atoms with van der Waals surface area (Å²) in [7, 11) is -3.63. The van der Waals surface area contributed by atoms with Crippen LogP contribution in [0.4, 0.5) is 11.4 Å². The monoisotopic (exact) mass is 486 g/mol. The molecule has 2 aliphatic rings. The first-order valence-electron chi connectivity index (χ1n) is 11.7. The fourth-order valence-corrected chi connectivity index (χ4v) is 5.77. The average Bonchev–Trinajstić information content (AvgIpc) is 2.89. The summed E-state index contributed by atoms with van der Waals surface area (Å²) in [6.07, 6.45) is 7.19. The van der Waals surface area contributed by atoms with Crippen molar-refractivity contribution in [1.82, 2.24) is 9.29 Å². The summed E-state index contributed by atoms with van der Waals surface area (Å²) in [4.78, 5) is 31.0. The normalized spacial score (nSPS) is 17.8. The molecular weight excluding hydrogens is 456 g/mol. The van der Waals surface area contributed by atoms with Crippen molar-refractivity contribution in [3.8, 4) is 0 Å². The van der Waals surface area contributed by atoms with Crippen molar-refractivity contribution in [1.29, 1.82) is 0 Å². The first kappa shape index (κ1) is 24.2. The molecule has 0 radical (unpaired) electrons. The zero-order valence-corrected chi connectivity index (χ0v) is 19.9. The summed E-state index contributed by atoms with van der Waals surface area (Å²) in [5, 5.41) is 2.75. The molecule has 4 rings (SSSR count). The molecule has 0 unspecified atom stereocenters. The summed E-state index contributed by atoms with van der Waals surface area (Å²) in [6, 6.07) is 10.7. The van der Waals surface area contributed by atoms with Gasteiger partial charge in [0.25, 0.3) is 5.91 Å². The van der Waals surface area contributed by atoms with Crippen LogP contribution in [-0.4, -0.2) is 62.4 Å². The van der Waals surface area contributed by atoms with Gasteiger partial charge in [-0.15, -0.1) is 0 Å². The first-order valence-corrected chi connectivity index (χ1v) is 13.1. The fourth-order valence-electron chi connectivity index (χ4n) is 4.34. The lowest BCUT2D eigenvalue weighted by molar-refractivity contribution is -0.152. The molecule has 1 aromatic heterocycles. The minimum Gasteiger partial charge on any atom is -0.455 e. The molecule has 1 aromatic carbocycles. The Balaban J connectivity index is 1.21. The van der Waals surface area contributed by atoms with Crippen LogP contribution in [0.25, 0.3) is 0 Å². The predicted molar refractivity (Wildman–Crippen MR) is 128 cm³/mol. The number of anilines is 2. The van der Waals surface area contributed by atoms with Crippen LogP contribution < -0.4 is 10.2 Å². The molecule has 9 nitrogen and oxygen atoms in total. The largest absolute Gasteiger partial charge is 0.455 e. The molecule has 0 bridgehead atoms. The van der Waals surface area contributed by atoms with E-state index >= 15 is 0 Å². The Labute approximate surface area is 200 Å². The molecule has 2 aromatic rings. The van der Waals surface area contributed by atoms with Crippen molar-refractivity contribution >= 4 is 33.3 Å². The third-order valence-corrected chi connectivity index (χ3v) is 8.16. The number of nitrogens with one attached hydrogen (secondary N) is 1. The van der Waals surface area contributed by atoms with E-state index in [1.807, 2.05) is 24.3 Å². The van der Waals surface area contributed by atoms with E-state index in [1.54, 1.807) is 6.07 Å². The molecule has 1 amide bonds. The second-order valence-corrected chi connectivity index (χ2v) is 10.6. The number of amides is 1. The van der Waals surface area contributed by atoms with Gasteiger partial charge in [-0.3, -0.25) is 14.6 Å². The number of ether oxygens (including phenoxy) is 1. The summed E-state index contributed by atoms with van der Waals surface area (Å²) in [5.74, 6) is -1.32. The van der Waals surface area contributed by atoms with Gasteiger partial charge in [-0.25, -0.2) is 8.42 Å². The molecule has 0 atom stereocenters. The molecule has 2 saturated heterocycles. The van der Waals surface area contributed by atoms with Crippen LogP contribution in [0.15, 0.2) is 53.7 Å². The SMILES string of the molecule is O=C(COC(=O)C1CCN(S(=O)(=O)c2cccnc2)CC1)Nc1ccc(N2CCCCC2)cc1. The molecule has 34 heavy (non-hydrogen) atoms. The zero-order chi connectivity index (χ0) is 24.0. The summed E-state index contributed by atoms with van der Waals surface area (Å²) >= 11 is 0. The molecule has 0 saturated carbocycles. The molecule has 10 heteroatoms. The number of rotatable bonds is 7. The number of piperidine rings is 2. The van der Waals surface area contributed by atoms with E-state index in [1.165, 1.54) is 42.0 Å². The third-order valence-electron chi connectivity index (χ3n) is 6.28. The Bertz CT molecular complexity index is 1080. The number of pyridine rings is 1. The summed E-state index contributed by atoms with van der Waals surface area (Å²) in [6.45, 7) is 2.16. The van der Waals surface area contributed by atoms with Gasteiger partial charge < -0.3 is 15.0 Å². The van der Waals surface area contributed by atoms with E-state index in [0.29, 0.717) is 18.5 Å². The van der Waals surface area contributed by atoms with Gasteiger partial charge >= 0.3 is 5.97 Å². The summed E-state index contributed by atoms with van der Waals surface area (Å²) < 4.78 is 31.9. The van der Waals surface area contributed by atoms with Crippen molar-refractivity contribution in [2.45, 2.75) is 37.0 Å². The highest BCUT2D eigenvalue weighted by molar-refractivity contribution is 7.89. The van der Waals surface area contributed by atoms with Gasteiger partial charge in [0.05, 0.1) is 5.92 Å². The maximum absolute atomic E-state index is 12.7. The van der Waals surface area contributed by atoms with Crippen molar-refractivity contribution in [2.24, 2.45) is 5.92 Å². The predicted octanol–water partition coefficient (Wildman–Crippen LogP) is 2.65. The zero-order valence-electron chi connectivity index (χ0n) is 19.1. The topological polar surface area (TPSA) is 109 Å². The van der Waals surface area contributed by atoms with E-state index in [2.05, 4.69) is 15.2 Å². The van der Waals surface area contributed by atoms with Gasteiger partial charge in [0.2, 0.25) is 10.0 Å². The Kier molecular flexibility index (Phi) is 7.79. The van der Waals surface area contributed by atoms with Crippen LogP contribution in [0.1, 0.15) is 32.1 Å².